The van der Waals surface area contributed by atoms with Crippen molar-refractivity contribution in [2.24, 2.45) is 5.92 Å². The number of rotatable bonds is 8. The second-order valence-corrected chi connectivity index (χ2v) is 13.4. The Bertz CT molecular complexity index is 410. The molecule has 2 N–H and O–H groups in total. The summed E-state index contributed by atoms with van der Waals surface area (Å²) in [6.07, 6.45) is 1.01. The molecule has 0 aliphatic rings. The third-order valence-electron chi connectivity index (χ3n) is 2.97. The number of hydrazine groups is 1. The Morgan fingerprint density at radius 1 is 1.40 bits per heavy atom. The van der Waals surface area contributed by atoms with Gasteiger partial charge in [-0.25, -0.2) is 13.8 Å². The summed E-state index contributed by atoms with van der Waals surface area (Å²) in [6.45, 7) is 9.79. The van der Waals surface area contributed by atoms with Crippen LogP contribution in [0.1, 0.15) is 13.8 Å². The normalized spacial score (nSPS) is 12.8. The monoisotopic (exact) mass is 323 g/mol. The van der Waals surface area contributed by atoms with Gasteiger partial charge in [-0.2, -0.15) is 0 Å². The first-order chi connectivity index (χ1) is 8.99. The minimum absolute atomic E-state index is 0.0640. The Morgan fingerprint density at radius 2 is 1.95 bits per heavy atom. The van der Waals surface area contributed by atoms with Gasteiger partial charge in [0, 0.05) is 28.0 Å². The summed E-state index contributed by atoms with van der Waals surface area (Å²) in [7, 11) is -3.20. The van der Waals surface area contributed by atoms with E-state index in [1.165, 1.54) is 11.1 Å². The molecule has 0 aromatic rings. The Labute approximate surface area is 124 Å². The summed E-state index contributed by atoms with van der Waals surface area (Å²) < 4.78 is 28.1. The second-order valence-electron chi connectivity index (χ2n) is 6.28. The molecule has 0 spiro atoms. The van der Waals surface area contributed by atoms with Crippen molar-refractivity contribution in [2.75, 3.05) is 26.6 Å². The molecule has 0 aromatic heterocycles. The topological polar surface area (TPSA) is 82.5 Å². The fraction of sp³-hybridized carbons (Fsp3) is 0.917. The largest absolute Gasteiger partial charge is 0.360 e. The van der Waals surface area contributed by atoms with Crippen LogP contribution < -0.4 is 5.43 Å². The maximum atomic E-state index is 11.3. The maximum Gasteiger partial charge on any atom is 0.232 e. The van der Waals surface area contributed by atoms with Crippen LogP contribution in [0, 0.1) is 11.3 Å². The van der Waals surface area contributed by atoms with Crippen LogP contribution in [-0.2, 0) is 14.6 Å². The van der Waals surface area contributed by atoms with Gasteiger partial charge in [-0.3, -0.25) is 10.4 Å². The van der Waals surface area contributed by atoms with Crippen molar-refractivity contribution in [2.45, 2.75) is 39.0 Å². The van der Waals surface area contributed by atoms with E-state index >= 15 is 0 Å². The summed E-state index contributed by atoms with van der Waals surface area (Å²) in [5.41, 5.74) is 2.65. The molecule has 0 saturated heterocycles. The average Bonchev–Trinajstić information content (AvgIpc) is 2.25. The lowest BCUT2D eigenvalue weighted by Crippen LogP contribution is -2.45. The molecule has 0 radical (unpaired) electrons. The summed E-state index contributed by atoms with van der Waals surface area (Å²) in [5.74, 6) is 0.698. The van der Waals surface area contributed by atoms with Crippen LogP contribution in [-0.4, -0.2) is 53.3 Å². The number of sulfone groups is 1. The number of hydrogen-bond donors (Lipinski definition) is 2. The fourth-order valence-corrected chi connectivity index (χ4v) is 5.79. The minimum atomic E-state index is -3.52. The molecule has 6 nitrogen and oxygen atoms in total. The molecule has 0 aliphatic heterocycles. The van der Waals surface area contributed by atoms with Gasteiger partial charge in [0.05, 0.1) is 0 Å². The van der Waals surface area contributed by atoms with E-state index in [-0.39, 0.29) is 6.73 Å². The van der Waals surface area contributed by atoms with Gasteiger partial charge in [0.1, 0.15) is 6.73 Å². The molecule has 0 fully saturated rings. The molecular weight excluding hydrogens is 294 g/mol. The molecular formula is C12H29N3O3SSi. The Morgan fingerprint density at radius 3 is 2.35 bits per heavy atom. The molecule has 0 unspecified atom stereocenters. The van der Waals surface area contributed by atoms with Crippen LogP contribution in [0.2, 0.25) is 25.2 Å². The van der Waals surface area contributed by atoms with Crippen molar-refractivity contribution >= 4 is 23.1 Å². The van der Waals surface area contributed by atoms with E-state index < -0.39 is 23.1 Å². The van der Waals surface area contributed by atoms with E-state index in [1.54, 1.807) is 7.05 Å². The lowest BCUT2D eigenvalue weighted by Gasteiger charge is -2.26. The smallest absolute Gasteiger partial charge is 0.232 e. The zero-order valence-corrected chi connectivity index (χ0v) is 15.3. The number of ether oxygens (including phenoxy) is 1. The summed E-state index contributed by atoms with van der Waals surface area (Å²) in [6, 6.07) is 2.29. The Balaban J connectivity index is 4.19. The zero-order chi connectivity index (χ0) is 16.0. The lowest BCUT2D eigenvalue weighted by molar-refractivity contribution is 0.0554. The zero-order valence-electron chi connectivity index (χ0n) is 13.5. The average molecular weight is 324 g/mol. The number of nitrogens with zero attached hydrogens (tertiary/aromatic N) is 1. The third-order valence-corrected chi connectivity index (χ3v) is 7.37. The van der Waals surface area contributed by atoms with Gasteiger partial charge >= 0.3 is 0 Å². The first-order valence-corrected chi connectivity index (χ1v) is 12.1. The first-order valence-electron chi connectivity index (χ1n) is 6.81. The van der Waals surface area contributed by atoms with Crippen molar-refractivity contribution in [3.8, 4) is 0 Å². The van der Waals surface area contributed by atoms with Gasteiger partial charge in [0.2, 0.25) is 15.0 Å². The number of hydrogen-bond acceptors (Lipinski definition) is 5. The van der Waals surface area contributed by atoms with Crippen molar-refractivity contribution in [3.05, 3.63) is 0 Å². The van der Waals surface area contributed by atoms with Crippen molar-refractivity contribution in [3.63, 3.8) is 0 Å². The van der Waals surface area contributed by atoms with Crippen LogP contribution in [0.3, 0.4) is 0 Å². The number of amidine groups is 1. The van der Waals surface area contributed by atoms with Crippen molar-refractivity contribution in [1.82, 2.24) is 10.4 Å². The molecule has 120 valence electrons. The van der Waals surface area contributed by atoms with Crippen LogP contribution in [0.5, 0.6) is 0 Å². The Kier molecular flexibility index (Phi) is 7.93. The predicted octanol–water partition coefficient (Wildman–Crippen LogP) is 1.74. The molecule has 0 heterocycles. The third kappa shape index (κ3) is 7.98. The molecule has 0 aliphatic carbocycles. The van der Waals surface area contributed by atoms with E-state index in [9.17, 15) is 8.42 Å². The Hall–Kier alpha value is -0.443. The fourth-order valence-electron chi connectivity index (χ4n) is 2.14. The van der Waals surface area contributed by atoms with E-state index in [1.807, 2.05) is 0 Å². The highest BCUT2D eigenvalue weighted by Gasteiger charge is 2.22. The summed E-state index contributed by atoms with van der Waals surface area (Å²) >= 11 is 0. The van der Waals surface area contributed by atoms with Gasteiger partial charge in [-0.15, -0.1) is 0 Å². The lowest BCUT2D eigenvalue weighted by atomic mass is 10.3. The molecule has 8 heteroatoms. The summed E-state index contributed by atoms with van der Waals surface area (Å²) in [5, 5.41) is 8.27. The predicted molar refractivity (Wildman–Crippen MR) is 86.2 cm³/mol. The van der Waals surface area contributed by atoms with E-state index in [4.69, 9.17) is 10.1 Å². The molecule has 0 aromatic carbocycles. The van der Waals surface area contributed by atoms with Gasteiger partial charge in [0.15, 0.2) is 0 Å². The van der Waals surface area contributed by atoms with Gasteiger partial charge in [-0.05, 0) is 12.0 Å². The summed E-state index contributed by atoms with van der Waals surface area (Å²) in [4.78, 5) is 0. The van der Waals surface area contributed by atoms with Crippen LogP contribution in [0.15, 0.2) is 0 Å². The second kappa shape index (κ2) is 8.11. The van der Waals surface area contributed by atoms with Gasteiger partial charge in [0.25, 0.3) is 0 Å². The highest BCUT2D eigenvalue weighted by Crippen LogP contribution is 2.20. The first kappa shape index (κ1) is 19.6. The van der Waals surface area contributed by atoms with Crippen molar-refractivity contribution in [1.29, 1.82) is 5.41 Å². The molecule has 0 amide bonds. The molecule has 20 heavy (non-hydrogen) atoms. The highest BCUT2D eigenvalue weighted by molar-refractivity contribution is 8.05. The SMILES string of the molecule is CNN(COCC[Si](C)(C)CC(C)C)C(=N)S(C)(=O)=O. The standard InChI is InChI=1S/C12H29N3O3SSi/c1-11(2)9-20(5,6)8-7-18-10-15(14-3)12(13)19(4,16)17/h11,13-14H,7-10H2,1-6H3. The van der Waals surface area contributed by atoms with Crippen LogP contribution >= 0.6 is 0 Å². The minimum Gasteiger partial charge on any atom is -0.360 e. The quantitative estimate of drug-likeness (QED) is 0.178. The number of nitrogens with one attached hydrogen (secondary N) is 2. The van der Waals surface area contributed by atoms with E-state index in [2.05, 4.69) is 32.4 Å². The van der Waals surface area contributed by atoms with E-state index in [0.29, 0.717) is 12.5 Å². The molecule has 0 bridgehead atoms. The highest BCUT2D eigenvalue weighted by atomic mass is 32.2. The van der Waals surface area contributed by atoms with Gasteiger partial charge < -0.3 is 4.74 Å². The maximum absolute atomic E-state index is 11.3. The molecule has 0 atom stereocenters. The molecule has 0 saturated carbocycles. The van der Waals surface area contributed by atoms with E-state index in [0.717, 1.165) is 12.3 Å². The van der Waals surface area contributed by atoms with Gasteiger partial charge in [-0.1, -0.05) is 33.0 Å². The van der Waals surface area contributed by atoms with Crippen LogP contribution in [0.4, 0.5) is 0 Å². The molecule has 0 rings (SSSR count). The van der Waals surface area contributed by atoms with Crippen LogP contribution in [0.25, 0.3) is 0 Å². The van der Waals surface area contributed by atoms with Crippen molar-refractivity contribution < 1.29 is 13.2 Å².